The van der Waals surface area contributed by atoms with Crippen molar-refractivity contribution < 1.29 is 9.47 Å². The van der Waals surface area contributed by atoms with Crippen molar-refractivity contribution in [1.29, 1.82) is 0 Å². The summed E-state index contributed by atoms with van der Waals surface area (Å²) in [6.07, 6.45) is 0. The topological polar surface area (TPSA) is 98.1 Å². The van der Waals surface area contributed by atoms with Crippen LogP contribution in [0.25, 0.3) is 0 Å². The Morgan fingerprint density at radius 1 is 1.15 bits per heavy atom. The third-order valence-electron chi connectivity index (χ3n) is 3.91. The lowest BCUT2D eigenvalue weighted by molar-refractivity contribution is 0.310. The number of hydrogen-bond acceptors (Lipinski definition) is 6. The van der Waals surface area contributed by atoms with Crippen molar-refractivity contribution in [2.45, 2.75) is 19.5 Å². The van der Waals surface area contributed by atoms with Crippen LogP contribution in [0, 0.1) is 0 Å². The van der Waals surface area contributed by atoms with Gasteiger partial charge in [0.05, 0.1) is 26.3 Å². The number of aromatic nitrogens is 3. The van der Waals surface area contributed by atoms with Crippen LogP contribution in [0.4, 0.5) is 5.69 Å². The number of H-pyrrole nitrogens is 1. The minimum atomic E-state index is -0.457. The summed E-state index contributed by atoms with van der Waals surface area (Å²) < 4.78 is 10.9. The van der Waals surface area contributed by atoms with Gasteiger partial charge in [-0.2, -0.15) is 5.10 Å². The van der Waals surface area contributed by atoms with Gasteiger partial charge in [0.25, 0.3) is 0 Å². The summed E-state index contributed by atoms with van der Waals surface area (Å²) in [5.74, 6) is 2.58. The number of nitrogens with one attached hydrogen (secondary N) is 2. The molecule has 0 saturated carbocycles. The molecule has 0 saturated heterocycles. The largest absolute Gasteiger partial charge is 0.493 e. The van der Waals surface area contributed by atoms with Crippen molar-refractivity contribution in [2.75, 3.05) is 19.0 Å². The molecule has 3 rings (SSSR count). The van der Waals surface area contributed by atoms with Gasteiger partial charge < -0.3 is 20.5 Å². The molecule has 136 valence electrons. The van der Waals surface area contributed by atoms with E-state index in [1.165, 1.54) is 0 Å². The number of rotatable bonds is 8. The zero-order chi connectivity index (χ0) is 18.4. The van der Waals surface area contributed by atoms with Gasteiger partial charge in [-0.1, -0.05) is 24.3 Å². The number of benzene rings is 2. The maximum absolute atomic E-state index is 6.33. The number of nitrogens with zero attached hydrogens (tertiary/aromatic N) is 2. The van der Waals surface area contributed by atoms with Gasteiger partial charge in [0, 0.05) is 5.69 Å². The number of para-hydroxylation sites is 1. The van der Waals surface area contributed by atoms with E-state index in [-0.39, 0.29) is 0 Å². The predicted octanol–water partition coefficient (Wildman–Crippen LogP) is 2.87. The molecule has 1 aromatic heterocycles. The molecule has 0 bridgehead atoms. The van der Waals surface area contributed by atoms with Crippen LogP contribution in [0.2, 0.25) is 0 Å². The van der Waals surface area contributed by atoms with E-state index in [0.29, 0.717) is 30.5 Å². The average Bonchev–Trinajstić information content (AvgIpc) is 3.16. The molecule has 0 aliphatic heterocycles. The van der Waals surface area contributed by atoms with Gasteiger partial charge in [-0.25, -0.2) is 4.98 Å². The first-order valence-electron chi connectivity index (χ1n) is 8.47. The van der Waals surface area contributed by atoms with Crippen molar-refractivity contribution >= 4 is 5.69 Å². The third-order valence-corrected chi connectivity index (χ3v) is 3.91. The van der Waals surface area contributed by atoms with E-state index >= 15 is 0 Å². The number of aromatic amines is 1. The summed E-state index contributed by atoms with van der Waals surface area (Å²) in [6, 6.07) is 15.1. The van der Waals surface area contributed by atoms with Crippen LogP contribution in [-0.4, -0.2) is 28.9 Å². The molecule has 2 aromatic carbocycles. The molecule has 7 heteroatoms. The number of anilines is 1. The van der Waals surface area contributed by atoms with Crippen LogP contribution in [0.3, 0.4) is 0 Å². The molecule has 0 spiro atoms. The normalized spacial score (nSPS) is 11.8. The Morgan fingerprint density at radius 3 is 2.69 bits per heavy atom. The van der Waals surface area contributed by atoms with Crippen LogP contribution in [-0.2, 0) is 6.54 Å². The molecular formula is C19H23N5O2. The minimum Gasteiger partial charge on any atom is -0.493 e. The first-order valence-corrected chi connectivity index (χ1v) is 8.47. The molecule has 0 radical (unpaired) electrons. The standard InChI is InChI=1S/C19H23N5O2/c1-3-26-16-11-13(9-10-15(16)25-2)18(20)19-22-17(23-24-19)12-21-14-7-5-4-6-8-14/h4-11,18,21H,3,12,20H2,1-2H3,(H,22,23,24). The molecular weight excluding hydrogens is 330 g/mol. The average molecular weight is 353 g/mol. The van der Waals surface area contributed by atoms with Crippen LogP contribution in [0.5, 0.6) is 11.5 Å². The van der Waals surface area contributed by atoms with E-state index in [1.807, 2.05) is 55.5 Å². The van der Waals surface area contributed by atoms with E-state index in [2.05, 4.69) is 20.5 Å². The second-order valence-corrected chi connectivity index (χ2v) is 5.68. The lowest BCUT2D eigenvalue weighted by atomic mass is 10.1. The molecule has 0 aliphatic rings. The quantitative estimate of drug-likeness (QED) is 0.576. The highest BCUT2D eigenvalue weighted by molar-refractivity contribution is 5.45. The molecule has 1 heterocycles. The van der Waals surface area contributed by atoms with Crippen LogP contribution < -0.4 is 20.5 Å². The van der Waals surface area contributed by atoms with Crippen molar-refractivity contribution in [3.8, 4) is 11.5 Å². The Morgan fingerprint density at radius 2 is 1.96 bits per heavy atom. The number of methoxy groups -OCH3 is 1. The molecule has 4 N–H and O–H groups in total. The predicted molar refractivity (Wildman–Crippen MR) is 100 cm³/mol. The number of hydrogen-bond donors (Lipinski definition) is 3. The summed E-state index contributed by atoms with van der Waals surface area (Å²) in [5, 5.41) is 10.5. The molecule has 1 atom stereocenters. The molecule has 0 fully saturated rings. The SMILES string of the molecule is CCOc1cc(C(N)c2n[nH]c(CNc3ccccc3)n2)ccc1OC. The summed E-state index contributed by atoms with van der Waals surface area (Å²) in [4.78, 5) is 4.49. The van der Waals surface area contributed by atoms with Crippen molar-refractivity contribution in [3.63, 3.8) is 0 Å². The maximum Gasteiger partial charge on any atom is 0.171 e. The van der Waals surface area contributed by atoms with Gasteiger partial charge in [0.15, 0.2) is 17.3 Å². The van der Waals surface area contributed by atoms with Gasteiger partial charge in [-0.15, -0.1) is 0 Å². The lowest BCUT2D eigenvalue weighted by Crippen LogP contribution is -2.14. The van der Waals surface area contributed by atoms with Crippen LogP contribution in [0.15, 0.2) is 48.5 Å². The molecule has 1 unspecified atom stereocenters. The Kier molecular flexibility index (Phi) is 5.70. The summed E-state index contributed by atoms with van der Waals surface area (Å²) >= 11 is 0. The lowest BCUT2D eigenvalue weighted by Gasteiger charge is -2.13. The number of ether oxygens (including phenoxy) is 2. The molecule has 3 aromatic rings. The van der Waals surface area contributed by atoms with E-state index in [0.717, 1.165) is 17.1 Å². The molecule has 26 heavy (non-hydrogen) atoms. The Bertz CT molecular complexity index is 835. The Balaban J connectivity index is 1.71. The molecule has 7 nitrogen and oxygen atoms in total. The van der Waals surface area contributed by atoms with Gasteiger partial charge in [-0.3, -0.25) is 5.10 Å². The van der Waals surface area contributed by atoms with Crippen LogP contribution >= 0.6 is 0 Å². The summed E-state index contributed by atoms with van der Waals surface area (Å²) in [7, 11) is 1.61. The fourth-order valence-electron chi connectivity index (χ4n) is 2.57. The van der Waals surface area contributed by atoms with Crippen molar-refractivity contribution in [3.05, 3.63) is 65.7 Å². The van der Waals surface area contributed by atoms with Gasteiger partial charge >= 0.3 is 0 Å². The van der Waals surface area contributed by atoms with E-state index < -0.39 is 6.04 Å². The van der Waals surface area contributed by atoms with Gasteiger partial charge in [-0.05, 0) is 36.8 Å². The zero-order valence-electron chi connectivity index (χ0n) is 14.9. The highest BCUT2D eigenvalue weighted by Crippen LogP contribution is 2.31. The van der Waals surface area contributed by atoms with Crippen molar-refractivity contribution in [2.24, 2.45) is 5.73 Å². The molecule has 0 aliphatic carbocycles. The Hall–Kier alpha value is -3.06. The Labute approximate surface area is 152 Å². The first kappa shape index (κ1) is 17.8. The fraction of sp³-hybridized carbons (Fsp3) is 0.263. The van der Waals surface area contributed by atoms with Crippen LogP contribution in [0.1, 0.15) is 30.2 Å². The van der Waals surface area contributed by atoms with E-state index in [4.69, 9.17) is 15.2 Å². The summed E-state index contributed by atoms with van der Waals surface area (Å²) in [6.45, 7) is 3.01. The fourth-order valence-corrected chi connectivity index (χ4v) is 2.57. The highest BCUT2D eigenvalue weighted by Gasteiger charge is 2.17. The van der Waals surface area contributed by atoms with E-state index in [9.17, 15) is 0 Å². The molecule has 0 amide bonds. The third kappa shape index (κ3) is 4.12. The first-order chi connectivity index (χ1) is 12.7. The second-order valence-electron chi connectivity index (χ2n) is 5.68. The van der Waals surface area contributed by atoms with Gasteiger partial charge in [0.2, 0.25) is 0 Å². The van der Waals surface area contributed by atoms with E-state index in [1.54, 1.807) is 7.11 Å². The van der Waals surface area contributed by atoms with Crippen molar-refractivity contribution in [1.82, 2.24) is 15.2 Å². The zero-order valence-corrected chi connectivity index (χ0v) is 14.9. The van der Waals surface area contributed by atoms with Gasteiger partial charge in [0.1, 0.15) is 5.82 Å². The second kappa shape index (κ2) is 8.35. The number of nitrogens with two attached hydrogens (primary N) is 1. The maximum atomic E-state index is 6.33. The highest BCUT2D eigenvalue weighted by atomic mass is 16.5. The summed E-state index contributed by atoms with van der Waals surface area (Å²) in [5.41, 5.74) is 8.21. The minimum absolute atomic E-state index is 0.457. The monoisotopic (exact) mass is 353 g/mol. The smallest absolute Gasteiger partial charge is 0.171 e.